The molecule has 0 aliphatic carbocycles. The van der Waals surface area contributed by atoms with Crippen molar-refractivity contribution in [3.05, 3.63) is 82.2 Å². The van der Waals surface area contributed by atoms with Gasteiger partial charge in [-0.2, -0.15) is 0 Å². The summed E-state index contributed by atoms with van der Waals surface area (Å²) in [6.45, 7) is -0.171. The van der Waals surface area contributed by atoms with Gasteiger partial charge >= 0.3 is 0 Å². The molecular formula is C25H17ClN2O3S3. The first-order chi connectivity index (χ1) is 16.4. The molecule has 0 radical (unpaired) electrons. The number of benzene rings is 3. The number of carbonyl (C=O) groups excluding carboxylic acids is 2. The highest BCUT2D eigenvalue weighted by atomic mass is 35.5. The predicted molar refractivity (Wildman–Crippen MR) is 142 cm³/mol. The predicted octanol–water partition coefficient (Wildman–Crippen LogP) is 6.38. The summed E-state index contributed by atoms with van der Waals surface area (Å²) in [7, 11) is 1.60. The molecule has 0 bridgehead atoms. The fourth-order valence-electron chi connectivity index (χ4n) is 3.69. The zero-order valence-electron chi connectivity index (χ0n) is 17.9. The van der Waals surface area contributed by atoms with Gasteiger partial charge in [-0.1, -0.05) is 71.6 Å². The normalized spacial score (nSPS) is 16.0. The van der Waals surface area contributed by atoms with Gasteiger partial charge in [0.05, 0.1) is 23.4 Å². The number of rotatable bonds is 4. The molecule has 34 heavy (non-hydrogen) atoms. The van der Waals surface area contributed by atoms with Crippen molar-refractivity contribution in [3.8, 4) is 5.75 Å². The van der Waals surface area contributed by atoms with Crippen LogP contribution in [0.25, 0.3) is 6.08 Å². The number of para-hydroxylation sites is 1. The molecule has 0 unspecified atom stereocenters. The molecule has 3 aromatic carbocycles. The summed E-state index contributed by atoms with van der Waals surface area (Å²) in [5, 5.41) is 0.532. The van der Waals surface area contributed by atoms with Gasteiger partial charge in [0, 0.05) is 14.8 Å². The van der Waals surface area contributed by atoms with E-state index >= 15 is 0 Å². The van der Waals surface area contributed by atoms with Crippen LogP contribution in [0.5, 0.6) is 5.75 Å². The van der Waals surface area contributed by atoms with Crippen LogP contribution in [0, 0.1) is 0 Å². The average molecular weight is 525 g/mol. The summed E-state index contributed by atoms with van der Waals surface area (Å²) in [6, 6.07) is 20.5. The molecule has 0 aromatic heterocycles. The van der Waals surface area contributed by atoms with Crippen molar-refractivity contribution >= 4 is 80.9 Å². The van der Waals surface area contributed by atoms with Crippen LogP contribution < -0.4 is 9.64 Å². The monoisotopic (exact) mass is 524 g/mol. The third-order valence-corrected chi connectivity index (χ3v) is 8.06. The molecule has 1 fully saturated rings. The fraction of sp³-hybridized carbons (Fsp3) is 0.0800. The zero-order valence-corrected chi connectivity index (χ0v) is 21.1. The van der Waals surface area contributed by atoms with Crippen LogP contribution in [0.3, 0.4) is 0 Å². The van der Waals surface area contributed by atoms with Crippen LogP contribution in [0.15, 0.2) is 81.4 Å². The summed E-state index contributed by atoms with van der Waals surface area (Å²) in [4.78, 5) is 32.1. The number of nitrogens with zero attached hydrogens (tertiary/aromatic N) is 2. The van der Waals surface area contributed by atoms with Gasteiger partial charge in [0.15, 0.2) is 0 Å². The van der Waals surface area contributed by atoms with Crippen LogP contribution >= 0.6 is 47.3 Å². The van der Waals surface area contributed by atoms with Crippen LogP contribution in [0.4, 0.5) is 11.4 Å². The minimum atomic E-state index is -0.287. The molecular weight excluding hydrogens is 508 g/mol. The van der Waals surface area contributed by atoms with Gasteiger partial charge in [0.25, 0.3) is 11.8 Å². The molecule has 3 aromatic rings. The number of ether oxygens (including phenoxy) is 1. The number of amides is 2. The lowest BCUT2D eigenvalue weighted by atomic mass is 10.2. The molecule has 5 nitrogen and oxygen atoms in total. The summed E-state index contributed by atoms with van der Waals surface area (Å²) < 4.78 is 5.53. The van der Waals surface area contributed by atoms with Crippen molar-refractivity contribution < 1.29 is 14.3 Å². The Labute approximate surface area is 215 Å². The summed E-state index contributed by atoms with van der Waals surface area (Å²) in [6.07, 6.45) is 1.77. The van der Waals surface area contributed by atoms with E-state index in [1.54, 1.807) is 42.0 Å². The second-order valence-electron chi connectivity index (χ2n) is 7.45. The molecule has 2 heterocycles. The molecule has 9 heteroatoms. The van der Waals surface area contributed by atoms with Gasteiger partial charge in [-0.15, -0.1) is 0 Å². The average Bonchev–Trinajstić information content (AvgIpc) is 3.10. The molecule has 0 N–H and O–H groups in total. The molecule has 2 aliphatic rings. The van der Waals surface area contributed by atoms with Gasteiger partial charge in [-0.25, -0.2) is 0 Å². The number of thioether (sulfide) groups is 1. The number of methoxy groups -OCH3 is 1. The van der Waals surface area contributed by atoms with E-state index < -0.39 is 0 Å². The SMILES string of the molecule is COc1ccc(/C=C2\SC(=S)N(CC(=O)N3c4ccccc4Sc4ccc(Cl)cc43)C2=O)cc1. The van der Waals surface area contributed by atoms with Crippen molar-refractivity contribution in [1.82, 2.24) is 4.90 Å². The van der Waals surface area contributed by atoms with Gasteiger partial charge in [0.1, 0.15) is 16.6 Å². The fourth-order valence-corrected chi connectivity index (χ4v) is 6.15. The summed E-state index contributed by atoms with van der Waals surface area (Å²) in [5.74, 6) is 0.180. The topological polar surface area (TPSA) is 49.9 Å². The molecule has 2 amide bonds. The highest BCUT2D eigenvalue weighted by Gasteiger charge is 2.36. The van der Waals surface area contributed by atoms with E-state index in [2.05, 4.69) is 0 Å². The van der Waals surface area contributed by atoms with Crippen molar-refractivity contribution in [3.63, 3.8) is 0 Å². The Hall–Kier alpha value is -2.78. The van der Waals surface area contributed by atoms with Crippen LogP contribution in [0.2, 0.25) is 5.02 Å². The maximum absolute atomic E-state index is 13.6. The van der Waals surface area contributed by atoms with E-state index in [1.807, 2.05) is 54.6 Å². The number of anilines is 2. The van der Waals surface area contributed by atoms with Crippen molar-refractivity contribution in [2.45, 2.75) is 9.79 Å². The molecule has 5 rings (SSSR count). The van der Waals surface area contributed by atoms with E-state index in [4.69, 9.17) is 28.6 Å². The lowest BCUT2D eigenvalue weighted by molar-refractivity contribution is -0.127. The van der Waals surface area contributed by atoms with Crippen LogP contribution in [-0.4, -0.2) is 34.7 Å². The first kappa shape index (κ1) is 23.0. The number of hydrogen-bond donors (Lipinski definition) is 0. The summed E-state index contributed by atoms with van der Waals surface area (Å²) in [5.41, 5.74) is 2.30. The first-order valence-electron chi connectivity index (χ1n) is 10.2. The number of fused-ring (bicyclic) bond motifs is 2. The second kappa shape index (κ2) is 9.46. The summed E-state index contributed by atoms with van der Waals surface area (Å²) >= 11 is 14.5. The Kier molecular flexibility index (Phi) is 6.40. The molecule has 0 atom stereocenters. The Bertz CT molecular complexity index is 1360. The molecule has 1 saturated heterocycles. The minimum Gasteiger partial charge on any atom is -0.497 e. The van der Waals surface area contributed by atoms with Crippen LogP contribution in [0.1, 0.15) is 5.56 Å². The van der Waals surface area contributed by atoms with E-state index in [-0.39, 0.29) is 18.4 Å². The molecule has 0 spiro atoms. The maximum Gasteiger partial charge on any atom is 0.266 e. The quantitative estimate of drug-likeness (QED) is 0.291. The third kappa shape index (κ3) is 4.34. The smallest absolute Gasteiger partial charge is 0.266 e. The Morgan fingerprint density at radius 3 is 2.53 bits per heavy atom. The Morgan fingerprint density at radius 1 is 1.03 bits per heavy atom. The lowest BCUT2D eigenvalue weighted by Crippen LogP contribution is -2.41. The number of thiocarbonyl (C=S) groups is 1. The number of halogens is 1. The first-order valence-corrected chi connectivity index (χ1v) is 12.7. The van der Waals surface area contributed by atoms with E-state index in [0.29, 0.717) is 19.9 Å². The van der Waals surface area contributed by atoms with Crippen molar-refractivity contribution in [2.24, 2.45) is 0 Å². The number of carbonyl (C=O) groups is 2. The minimum absolute atomic E-state index is 0.171. The molecule has 0 saturated carbocycles. The maximum atomic E-state index is 13.6. The third-order valence-electron chi connectivity index (χ3n) is 5.32. The van der Waals surface area contributed by atoms with Crippen molar-refractivity contribution in [2.75, 3.05) is 18.6 Å². The van der Waals surface area contributed by atoms with Crippen molar-refractivity contribution in [1.29, 1.82) is 0 Å². The van der Waals surface area contributed by atoms with Crippen LogP contribution in [-0.2, 0) is 9.59 Å². The Balaban J connectivity index is 1.42. The number of hydrogen-bond acceptors (Lipinski definition) is 6. The zero-order chi connectivity index (χ0) is 23.8. The highest BCUT2D eigenvalue weighted by molar-refractivity contribution is 8.26. The second-order valence-corrected chi connectivity index (χ2v) is 10.6. The van der Waals surface area contributed by atoms with E-state index in [1.165, 1.54) is 16.7 Å². The van der Waals surface area contributed by atoms with Gasteiger partial charge in [-0.3, -0.25) is 19.4 Å². The van der Waals surface area contributed by atoms with Gasteiger partial charge in [0.2, 0.25) is 0 Å². The molecule has 2 aliphatic heterocycles. The van der Waals surface area contributed by atoms with Gasteiger partial charge in [-0.05, 0) is 54.1 Å². The standard InChI is InChI=1S/C25H17ClN2O3S3/c1-31-17-9-6-15(7-10-17)12-22-24(30)27(25(32)34-22)14-23(29)28-18-4-2-3-5-20(18)33-21-11-8-16(26)13-19(21)28/h2-13H,14H2,1H3/b22-12-. The molecule has 170 valence electrons. The van der Waals surface area contributed by atoms with E-state index in [9.17, 15) is 9.59 Å². The Morgan fingerprint density at radius 2 is 1.76 bits per heavy atom. The van der Waals surface area contributed by atoms with E-state index in [0.717, 1.165) is 26.8 Å². The lowest BCUT2D eigenvalue weighted by Gasteiger charge is -2.32. The van der Waals surface area contributed by atoms with Gasteiger partial charge < -0.3 is 4.74 Å². The largest absolute Gasteiger partial charge is 0.497 e. The highest BCUT2D eigenvalue weighted by Crippen LogP contribution is 2.49.